The molecule has 12 heteroatoms. The minimum atomic E-state index is -0.427. The summed E-state index contributed by atoms with van der Waals surface area (Å²) in [6.45, 7) is 19.5. The summed E-state index contributed by atoms with van der Waals surface area (Å²) in [6, 6.07) is 0. The van der Waals surface area contributed by atoms with Gasteiger partial charge in [-0.05, 0) is 109 Å². The first-order valence-electron chi connectivity index (χ1n) is 36.5. The Morgan fingerprint density at radius 1 is 0.393 bits per heavy atom. The van der Waals surface area contributed by atoms with Crippen LogP contribution in [0.5, 0.6) is 0 Å². The number of carbonyl (C=O) groups is 1. The van der Waals surface area contributed by atoms with Crippen LogP contribution in [0, 0.1) is 0 Å². The molecule has 1 aliphatic rings. The molecular weight excluding hydrogens is 1080 g/mol. The van der Waals surface area contributed by atoms with E-state index in [1.165, 1.54) is 180 Å². The molecule has 84 heavy (non-hydrogen) atoms. The van der Waals surface area contributed by atoms with Crippen molar-refractivity contribution in [2.24, 2.45) is 0 Å². The minimum absolute atomic E-state index is 0.147. The fourth-order valence-electron chi connectivity index (χ4n) is 11.8. The molecule has 1 fully saturated rings. The molecule has 1 saturated heterocycles. The van der Waals surface area contributed by atoms with Gasteiger partial charge in [0.25, 0.3) is 0 Å². The Morgan fingerprint density at radius 2 is 0.702 bits per heavy atom. The van der Waals surface area contributed by atoms with E-state index >= 15 is 0 Å². The summed E-state index contributed by atoms with van der Waals surface area (Å²) in [6.07, 6.45) is 59.7. The van der Waals surface area contributed by atoms with Crippen LogP contribution in [-0.2, 0) is 9.53 Å². The van der Waals surface area contributed by atoms with Crippen molar-refractivity contribution in [3.05, 3.63) is 24.3 Å². The Labute approximate surface area is 529 Å². The van der Waals surface area contributed by atoms with Gasteiger partial charge >= 0.3 is 5.97 Å². The molecule has 1 heterocycles. The molecule has 0 aromatic rings. The summed E-state index contributed by atoms with van der Waals surface area (Å²) in [7, 11) is 3.98. The van der Waals surface area contributed by atoms with Gasteiger partial charge in [-0.2, -0.15) is 0 Å². The van der Waals surface area contributed by atoms with Crippen LogP contribution in [0.1, 0.15) is 310 Å². The maximum Gasteiger partial charge on any atom is 0.305 e. The van der Waals surface area contributed by atoms with E-state index in [1.807, 2.05) is 21.6 Å². The van der Waals surface area contributed by atoms with E-state index in [0.29, 0.717) is 52.2 Å². The fourth-order valence-corrected chi connectivity index (χ4v) is 13.9. The average Bonchev–Trinajstić information content (AvgIpc) is 3.56. The van der Waals surface area contributed by atoms with Gasteiger partial charge in [-0.25, -0.2) is 0 Å². The van der Waals surface area contributed by atoms with Crippen LogP contribution in [0.3, 0.4) is 0 Å². The Morgan fingerprint density at radius 3 is 1.07 bits per heavy atom. The maximum absolute atomic E-state index is 12.9. The highest BCUT2D eigenvalue weighted by molar-refractivity contribution is 8.76. The van der Waals surface area contributed by atoms with E-state index in [1.54, 1.807) is 0 Å². The smallest absolute Gasteiger partial charge is 0.305 e. The first-order valence-corrected chi connectivity index (χ1v) is 39.0. The van der Waals surface area contributed by atoms with E-state index in [4.69, 9.17) is 4.74 Å². The Balaban J connectivity index is 2.39. The van der Waals surface area contributed by atoms with Gasteiger partial charge in [-0.1, -0.05) is 253 Å². The molecule has 0 spiro atoms. The lowest BCUT2D eigenvalue weighted by Gasteiger charge is -2.34. The predicted octanol–water partition coefficient (Wildman–Crippen LogP) is 17.9. The van der Waals surface area contributed by atoms with Gasteiger partial charge in [0.2, 0.25) is 0 Å². The first-order chi connectivity index (χ1) is 41.2. The third-order valence-corrected chi connectivity index (χ3v) is 19.7. The van der Waals surface area contributed by atoms with E-state index in [0.717, 1.165) is 147 Å². The van der Waals surface area contributed by atoms with Crippen LogP contribution >= 0.6 is 21.6 Å². The number of piperazine rings is 1. The molecule has 0 amide bonds. The summed E-state index contributed by atoms with van der Waals surface area (Å²) >= 11 is 0. The van der Waals surface area contributed by atoms with Gasteiger partial charge < -0.3 is 25.2 Å². The average molecular weight is 1220 g/mol. The van der Waals surface area contributed by atoms with Gasteiger partial charge in [0.1, 0.15) is 6.61 Å². The number of ether oxygens (including phenoxy) is 1. The second kappa shape index (κ2) is 63.9. The van der Waals surface area contributed by atoms with E-state index in [-0.39, 0.29) is 18.2 Å². The fraction of sp³-hybridized carbons (Fsp3) is 0.931. The molecule has 10 nitrogen and oxygen atoms in total. The lowest BCUT2D eigenvalue weighted by molar-refractivity contribution is -0.144. The maximum atomic E-state index is 12.9. The van der Waals surface area contributed by atoms with Crippen LogP contribution in [0.4, 0.5) is 0 Å². The third kappa shape index (κ3) is 56.6. The van der Waals surface area contributed by atoms with Crippen LogP contribution in [-0.4, -0.2) is 167 Å². The largest absolute Gasteiger partial charge is 0.464 e. The van der Waals surface area contributed by atoms with Gasteiger partial charge in [0, 0.05) is 83.4 Å². The van der Waals surface area contributed by atoms with E-state index in [2.05, 4.69) is 71.6 Å². The summed E-state index contributed by atoms with van der Waals surface area (Å²) in [5, 5.41) is 44.2. The minimum Gasteiger partial charge on any atom is -0.464 e. The number of allylic oxidation sites excluding steroid dienone is 4. The summed E-state index contributed by atoms with van der Waals surface area (Å²) in [5.41, 5.74) is 0. The third-order valence-electron chi connectivity index (χ3n) is 17.3. The molecule has 4 atom stereocenters. The number of rotatable bonds is 66. The number of aliphatic hydroxyl groups excluding tert-OH is 4. The number of unbranched alkanes of at least 4 members (excludes halogenated alkanes) is 31. The normalized spacial score (nSPS) is 15.2. The molecular formula is C72H142N4O6S2. The van der Waals surface area contributed by atoms with Gasteiger partial charge in [0.15, 0.2) is 0 Å². The SMILES string of the molecule is CCCCCCCC/C=C\CCCCCCC(O)CN(CCCC(=O)OCCN1CCN(CCSSCCCCN(CC(O)CCCCCCCC)CC(O)CCCCCCCC)CC1)CC(O)CCCCCC/C=C\CCCCCCCC. The lowest BCUT2D eigenvalue weighted by Crippen LogP contribution is -2.47. The molecule has 498 valence electrons. The van der Waals surface area contributed by atoms with Crippen LogP contribution in [0.15, 0.2) is 24.3 Å². The Kier molecular flexibility index (Phi) is 61.9. The molecule has 4 N–H and O–H groups in total. The number of aliphatic hydroxyl groups is 4. The molecule has 0 aromatic heterocycles. The lowest BCUT2D eigenvalue weighted by atomic mass is 10.1. The highest BCUT2D eigenvalue weighted by Crippen LogP contribution is 2.23. The quantitative estimate of drug-likeness (QED) is 0.0201. The second-order valence-electron chi connectivity index (χ2n) is 25.6. The molecule has 0 aromatic carbocycles. The number of carbonyl (C=O) groups excluding carboxylic acids is 1. The standard InChI is InChI=1S/C72H142N4O6S2/c1-5-9-13-17-21-23-25-27-29-31-33-35-39-43-50-70(79)66-76(67-71(80)51-44-40-36-34-32-30-28-26-24-22-18-14-10-6-2)54-47-52-72(81)82-61-59-73-55-57-74(58-56-73)60-63-84-83-62-46-45-53-75(64-68(77)48-41-37-19-15-11-7-3)65-69(78)49-42-38-20-16-12-8-4/h27-30,68-71,77-80H,5-26,31-67H2,1-4H3/b29-27-,30-28-. The number of hydrogen-bond acceptors (Lipinski definition) is 12. The molecule has 1 aliphatic heterocycles. The number of esters is 1. The van der Waals surface area contributed by atoms with Crippen LogP contribution < -0.4 is 0 Å². The van der Waals surface area contributed by atoms with Crippen molar-refractivity contribution in [2.45, 2.75) is 335 Å². The molecule has 0 bridgehead atoms. The molecule has 1 rings (SSSR count). The number of nitrogens with zero attached hydrogens (tertiary/aromatic N) is 4. The second-order valence-corrected chi connectivity index (χ2v) is 28.3. The Bertz CT molecular complexity index is 1340. The van der Waals surface area contributed by atoms with Crippen LogP contribution in [0.2, 0.25) is 0 Å². The number of hydrogen-bond donors (Lipinski definition) is 4. The summed E-state index contributed by atoms with van der Waals surface area (Å²) in [4.78, 5) is 22.5. The van der Waals surface area contributed by atoms with Crippen molar-refractivity contribution in [3.8, 4) is 0 Å². The first kappa shape index (κ1) is 81.3. The molecule has 4 unspecified atom stereocenters. The van der Waals surface area contributed by atoms with Crippen molar-refractivity contribution in [1.82, 2.24) is 19.6 Å². The molecule has 0 saturated carbocycles. The molecule has 0 radical (unpaired) electrons. The summed E-state index contributed by atoms with van der Waals surface area (Å²) < 4.78 is 5.75. The van der Waals surface area contributed by atoms with Gasteiger partial charge in [0.05, 0.1) is 24.4 Å². The van der Waals surface area contributed by atoms with E-state index in [9.17, 15) is 25.2 Å². The van der Waals surface area contributed by atoms with Crippen molar-refractivity contribution in [2.75, 3.05) is 96.6 Å². The Hall–Kier alpha value is -0.670. The predicted molar refractivity (Wildman–Crippen MR) is 370 cm³/mol. The zero-order chi connectivity index (χ0) is 60.9. The van der Waals surface area contributed by atoms with E-state index < -0.39 is 12.2 Å². The van der Waals surface area contributed by atoms with Gasteiger partial charge in [-0.15, -0.1) is 0 Å². The van der Waals surface area contributed by atoms with Gasteiger partial charge in [-0.3, -0.25) is 24.4 Å². The molecule has 0 aliphatic carbocycles. The zero-order valence-corrected chi connectivity index (χ0v) is 57.7. The highest BCUT2D eigenvalue weighted by atomic mass is 33.1. The zero-order valence-electron chi connectivity index (χ0n) is 56.0. The van der Waals surface area contributed by atoms with Crippen molar-refractivity contribution in [3.63, 3.8) is 0 Å². The van der Waals surface area contributed by atoms with Crippen molar-refractivity contribution >= 4 is 27.6 Å². The van der Waals surface area contributed by atoms with Crippen molar-refractivity contribution in [1.29, 1.82) is 0 Å². The topological polar surface area (TPSA) is 120 Å². The van der Waals surface area contributed by atoms with Crippen molar-refractivity contribution < 1.29 is 30.0 Å². The summed E-state index contributed by atoms with van der Waals surface area (Å²) in [5.74, 6) is 2.10. The highest BCUT2D eigenvalue weighted by Gasteiger charge is 2.20. The monoisotopic (exact) mass is 1220 g/mol. The van der Waals surface area contributed by atoms with Crippen LogP contribution in [0.25, 0.3) is 0 Å².